The maximum atomic E-state index is 5.93. The van der Waals surface area contributed by atoms with Crippen molar-refractivity contribution in [3.05, 3.63) is 97.2 Å². The minimum Gasteiger partial charge on any atom is -0.489 e. The third kappa shape index (κ3) is 3.25. The number of ether oxygens (including phenoxy) is 1. The third-order valence-corrected chi connectivity index (χ3v) is 4.67. The fourth-order valence-electron chi connectivity index (χ4n) is 3.19. The van der Waals surface area contributed by atoms with Crippen molar-refractivity contribution in [2.24, 2.45) is 0 Å². The molecule has 3 aromatic heterocycles. The van der Waals surface area contributed by atoms with Crippen LogP contribution in [0.2, 0.25) is 0 Å². The maximum Gasteiger partial charge on any atom is 0.137 e. The molecule has 5 rings (SSSR count). The number of nitrogens with zero attached hydrogens (tertiary/aromatic N) is 3. The number of hydrogen-bond donors (Lipinski definition) is 1. The number of pyridine rings is 1. The molecule has 0 unspecified atom stereocenters. The van der Waals surface area contributed by atoms with E-state index in [9.17, 15) is 0 Å². The minimum atomic E-state index is 0.555. The zero-order valence-electron chi connectivity index (χ0n) is 15.1. The molecule has 0 bridgehead atoms. The van der Waals surface area contributed by atoms with Gasteiger partial charge in [0.05, 0.1) is 0 Å². The largest absolute Gasteiger partial charge is 0.489 e. The first kappa shape index (κ1) is 16.3. The Kier molecular flexibility index (Phi) is 4.10. The summed E-state index contributed by atoms with van der Waals surface area (Å²) < 4.78 is 7.81. The van der Waals surface area contributed by atoms with Crippen LogP contribution < -0.4 is 4.74 Å². The molecule has 5 heteroatoms. The topological polar surface area (TPSA) is 55.7 Å². The van der Waals surface area contributed by atoms with Crippen LogP contribution in [0.4, 0.5) is 0 Å². The predicted octanol–water partition coefficient (Wildman–Crippen LogP) is 4.99. The second kappa shape index (κ2) is 7.04. The standard InChI is InChI=1S/C23H18N4O/c1-2-4-17(5-3-1)15-28-20-8-6-18-12-21(26-22(18)13-20)19-7-9-23(25-14-19)27-11-10-24-16-27/h1-14,16,26H,15H2. The highest BCUT2D eigenvalue weighted by atomic mass is 16.5. The van der Waals surface area contributed by atoms with Gasteiger partial charge in [-0.25, -0.2) is 9.97 Å². The molecule has 5 aromatic rings. The molecule has 0 aliphatic carbocycles. The smallest absolute Gasteiger partial charge is 0.137 e. The van der Waals surface area contributed by atoms with Crippen molar-refractivity contribution in [1.82, 2.24) is 19.5 Å². The Balaban J connectivity index is 1.37. The number of hydrogen-bond acceptors (Lipinski definition) is 3. The number of fused-ring (bicyclic) bond motifs is 1. The van der Waals surface area contributed by atoms with Gasteiger partial charge in [-0.05, 0) is 35.9 Å². The molecule has 0 aliphatic heterocycles. The Morgan fingerprint density at radius 3 is 2.68 bits per heavy atom. The normalized spacial score (nSPS) is 11.0. The summed E-state index contributed by atoms with van der Waals surface area (Å²) in [6.45, 7) is 0.555. The molecule has 0 atom stereocenters. The fourth-order valence-corrected chi connectivity index (χ4v) is 3.19. The number of benzene rings is 2. The van der Waals surface area contributed by atoms with E-state index in [1.54, 1.807) is 12.5 Å². The monoisotopic (exact) mass is 366 g/mol. The second-order valence-electron chi connectivity index (χ2n) is 6.58. The summed E-state index contributed by atoms with van der Waals surface area (Å²) in [4.78, 5) is 12.0. The summed E-state index contributed by atoms with van der Waals surface area (Å²) in [5, 5.41) is 1.14. The van der Waals surface area contributed by atoms with Gasteiger partial charge in [-0.15, -0.1) is 0 Å². The molecule has 0 spiro atoms. The highest BCUT2D eigenvalue weighted by Crippen LogP contribution is 2.27. The summed E-state index contributed by atoms with van der Waals surface area (Å²) in [5.41, 5.74) is 4.25. The zero-order chi connectivity index (χ0) is 18.8. The number of aromatic amines is 1. The summed E-state index contributed by atoms with van der Waals surface area (Å²) >= 11 is 0. The maximum absolute atomic E-state index is 5.93. The molecule has 0 aliphatic rings. The first-order valence-electron chi connectivity index (χ1n) is 9.09. The quantitative estimate of drug-likeness (QED) is 0.476. The van der Waals surface area contributed by atoms with E-state index < -0.39 is 0 Å². The zero-order valence-corrected chi connectivity index (χ0v) is 15.1. The summed E-state index contributed by atoms with van der Waals surface area (Å²) in [7, 11) is 0. The average Bonchev–Trinajstić information content (AvgIpc) is 3.43. The van der Waals surface area contributed by atoms with Gasteiger partial charge >= 0.3 is 0 Å². The Bertz CT molecular complexity index is 1190. The lowest BCUT2D eigenvalue weighted by atomic mass is 10.2. The Morgan fingerprint density at radius 1 is 0.964 bits per heavy atom. The van der Waals surface area contributed by atoms with Crippen LogP contribution in [0.15, 0.2) is 91.6 Å². The van der Waals surface area contributed by atoms with E-state index in [2.05, 4.69) is 45.3 Å². The Labute approximate surface area is 162 Å². The molecule has 136 valence electrons. The molecule has 0 saturated carbocycles. The summed E-state index contributed by atoms with van der Waals surface area (Å²) in [6.07, 6.45) is 7.22. The number of rotatable bonds is 5. The van der Waals surface area contributed by atoms with Crippen LogP contribution in [-0.4, -0.2) is 19.5 Å². The van der Waals surface area contributed by atoms with Gasteiger partial charge in [0.25, 0.3) is 0 Å². The van der Waals surface area contributed by atoms with Crippen molar-refractivity contribution in [2.45, 2.75) is 6.61 Å². The average molecular weight is 366 g/mol. The summed E-state index contributed by atoms with van der Waals surface area (Å²) in [5.74, 6) is 1.69. The van der Waals surface area contributed by atoms with Gasteiger partial charge in [0.1, 0.15) is 24.5 Å². The van der Waals surface area contributed by atoms with E-state index in [1.165, 1.54) is 0 Å². The molecule has 5 nitrogen and oxygen atoms in total. The molecule has 0 fully saturated rings. The van der Waals surface area contributed by atoms with Crippen molar-refractivity contribution in [3.63, 3.8) is 0 Å². The molecule has 3 heterocycles. The molecule has 0 saturated heterocycles. The van der Waals surface area contributed by atoms with E-state index >= 15 is 0 Å². The molecule has 0 amide bonds. The Morgan fingerprint density at radius 2 is 1.89 bits per heavy atom. The van der Waals surface area contributed by atoms with E-state index in [0.717, 1.165) is 39.3 Å². The van der Waals surface area contributed by atoms with E-state index in [4.69, 9.17) is 4.74 Å². The molecular weight excluding hydrogens is 348 g/mol. The lowest BCUT2D eigenvalue weighted by Gasteiger charge is -2.06. The fraction of sp³-hybridized carbons (Fsp3) is 0.0435. The lowest BCUT2D eigenvalue weighted by Crippen LogP contribution is -1.94. The Hall–Kier alpha value is -3.86. The molecule has 0 radical (unpaired) electrons. The molecule has 2 aromatic carbocycles. The molecule has 28 heavy (non-hydrogen) atoms. The van der Waals surface area contributed by atoms with Crippen LogP contribution in [0.25, 0.3) is 28.0 Å². The number of nitrogens with one attached hydrogen (secondary N) is 1. The SMILES string of the molecule is c1ccc(COc2ccc3cc(-c4ccc(-n5ccnc5)nc4)[nH]c3c2)cc1. The van der Waals surface area contributed by atoms with Gasteiger partial charge in [0.2, 0.25) is 0 Å². The minimum absolute atomic E-state index is 0.555. The van der Waals surface area contributed by atoms with Crippen LogP contribution in [-0.2, 0) is 6.61 Å². The van der Waals surface area contributed by atoms with Gasteiger partial charge in [0, 0.05) is 46.8 Å². The highest BCUT2D eigenvalue weighted by molar-refractivity contribution is 5.86. The van der Waals surface area contributed by atoms with Crippen LogP contribution >= 0.6 is 0 Å². The first-order valence-corrected chi connectivity index (χ1v) is 9.09. The van der Waals surface area contributed by atoms with Gasteiger partial charge in [0.15, 0.2) is 0 Å². The van der Waals surface area contributed by atoms with Gasteiger partial charge < -0.3 is 9.72 Å². The second-order valence-corrected chi connectivity index (χ2v) is 6.58. The van der Waals surface area contributed by atoms with E-state index in [-0.39, 0.29) is 0 Å². The number of imidazole rings is 1. The van der Waals surface area contributed by atoms with Crippen molar-refractivity contribution >= 4 is 10.9 Å². The lowest BCUT2D eigenvalue weighted by molar-refractivity contribution is 0.306. The predicted molar refractivity (Wildman–Crippen MR) is 109 cm³/mol. The molecule has 1 N–H and O–H groups in total. The summed E-state index contributed by atoms with van der Waals surface area (Å²) in [6, 6.07) is 22.4. The van der Waals surface area contributed by atoms with Crippen molar-refractivity contribution in [3.8, 4) is 22.8 Å². The van der Waals surface area contributed by atoms with E-state index in [0.29, 0.717) is 6.61 Å². The number of aromatic nitrogens is 4. The van der Waals surface area contributed by atoms with Crippen molar-refractivity contribution in [1.29, 1.82) is 0 Å². The first-order chi connectivity index (χ1) is 13.8. The third-order valence-electron chi connectivity index (χ3n) is 4.67. The van der Waals surface area contributed by atoms with Crippen LogP contribution in [0, 0.1) is 0 Å². The van der Waals surface area contributed by atoms with Gasteiger partial charge in [-0.1, -0.05) is 30.3 Å². The van der Waals surface area contributed by atoms with Crippen LogP contribution in [0.5, 0.6) is 5.75 Å². The molecular formula is C23H18N4O. The van der Waals surface area contributed by atoms with Crippen molar-refractivity contribution in [2.75, 3.05) is 0 Å². The van der Waals surface area contributed by atoms with E-state index in [1.807, 2.05) is 53.4 Å². The number of H-pyrrole nitrogens is 1. The van der Waals surface area contributed by atoms with Gasteiger partial charge in [-0.3, -0.25) is 4.57 Å². The van der Waals surface area contributed by atoms with Crippen LogP contribution in [0.3, 0.4) is 0 Å². The van der Waals surface area contributed by atoms with Gasteiger partial charge in [-0.2, -0.15) is 0 Å². The van der Waals surface area contributed by atoms with Crippen molar-refractivity contribution < 1.29 is 4.74 Å². The highest BCUT2D eigenvalue weighted by Gasteiger charge is 2.06. The van der Waals surface area contributed by atoms with Crippen LogP contribution in [0.1, 0.15) is 5.56 Å².